The molecule has 1 fully saturated rings. The molecule has 0 aliphatic carbocycles. The standard InChI is InChI=1S/C7H16N.BrH/c1-7-5-4-6-8(7,2)3;/h7H,4-6H2,1-3H3;1H/q+1;/p-1. The zero-order chi connectivity index (χ0) is 6.20. The number of nitrogens with zero attached hydrogens (tertiary/aromatic N) is 1. The predicted octanol–water partition coefficient (Wildman–Crippen LogP) is -1.75. The molecule has 0 aromatic rings. The van der Waals surface area contributed by atoms with Gasteiger partial charge in [0.2, 0.25) is 0 Å². The Balaban J connectivity index is 0.000000640. The predicted molar refractivity (Wildman–Crippen MR) is 35.7 cm³/mol. The van der Waals surface area contributed by atoms with E-state index in [9.17, 15) is 0 Å². The number of hydrogen-bond donors (Lipinski definition) is 0. The van der Waals surface area contributed by atoms with Crippen molar-refractivity contribution in [3.05, 3.63) is 0 Å². The summed E-state index contributed by atoms with van der Waals surface area (Å²) >= 11 is 0. The Morgan fingerprint density at radius 3 is 2.00 bits per heavy atom. The van der Waals surface area contributed by atoms with Gasteiger partial charge in [0.05, 0.1) is 26.7 Å². The van der Waals surface area contributed by atoms with E-state index in [1.54, 1.807) is 0 Å². The monoisotopic (exact) mass is 193 g/mol. The first kappa shape index (κ1) is 9.44. The maximum absolute atomic E-state index is 2.34. The molecule has 56 valence electrons. The summed E-state index contributed by atoms with van der Waals surface area (Å²) in [5, 5.41) is 0. The third-order valence-corrected chi connectivity index (χ3v) is 2.55. The second-order valence-electron chi connectivity index (χ2n) is 3.49. The van der Waals surface area contributed by atoms with Crippen LogP contribution in [0.25, 0.3) is 0 Å². The van der Waals surface area contributed by atoms with E-state index < -0.39 is 0 Å². The van der Waals surface area contributed by atoms with E-state index in [1.165, 1.54) is 23.9 Å². The summed E-state index contributed by atoms with van der Waals surface area (Å²) in [6.45, 7) is 3.72. The van der Waals surface area contributed by atoms with Crippen LogP contribution < -0.4 is 17.0 Å². The smallest absolute Gasteiger partial charge is 0.0859 e. The van der Waals surface area contributed by atoms with Crippen LogP contribution in [0, 0.1) is 0 Å². The molecule has 1 rings (SSSR count). The van der Waals surface area contributed by atoms with Crippen molar-refractivity contribution in [3.63, 3.8) is 0 Å². The molecule has 0 saturated carbocycles. The average molecular weight is 194 g/mol. The first-order chi connectivity index (χ1) is 3.63. The molecule has 1 unspecified atom stereocenters. The summed E-state index contributed by atoms with van der Waals surface area (Å²) in [6.07, 6.45) is 2.85. The van der Waals surface area contributed by atoms with Crippen LogP contribution >= 0.6 is 0 Å². The van der Waals surface area contributed by atoms with Gasteiger partial charge in [-0.3, -0.25) is 0 Å². The van der Waals surface area contributed by atoms with Crippen LogP contribution in [0.4, 0.5) is 0 Å². The fraction of sp³-hybridized carbons (Fsp3) is 1.00. The van der Waals surface area contributed by atoms with E-state index in [2.05, 4.69) is 21.0 Å². The highest BCUT2D eigenvalue weighted by atomic mass is 79.9. The largest absolute Gasteiger partial charge is 1.00 e. The van der Waals surface area contributed by atoms with Crippen LogP contribution in [0.3, 0.4) is 0 Å². The minimum atomic E-state index is 0. The van der Waals surface area contributed by atoms with Crippen molar-refractivity contribution in [2.24, 2.45) is 0 Å². The van der Waals surface area contributed by atoms with E-state index in [0.717, 1.165) is 6.04 Å². The highest BCUT2D eigenvalue weighted by molar-refractivity contribution is 4.58. The van der Waals surface area contributed by atoms with Crippen molar-refractivity contribution in [2.45, 2.75) is 25.8 Å². The van der Waals surface area contributed by atoms with Crippen LogP contribution in [0.5, 0.6) is 0 Å². The maximum atomic E-state index is 2.34. The summed E-state index contributed by atoms with van der Waals surface area (Å²) in [4.78, 5) is 0. The molecule has 0 aromatic heterocycles. The molecule has 0 aromatic carbocycles. The first-order valence-electron chi connectivity index (χ1n) is 3.45. The minimum Gasteiger partial charge on any atom is -1.00 e. The van der Waals surface area contributed by atoms with Gasteiger partial charge in [0.1, 0.15) is 0 Å². The molecule has 1 saturated heterocycles. The third kappa shape index (κ3) is 1.94. The van der Waals surface area contributed by atoms with Gasteiger partial charge in [-0.05, 0) is 6.92 Å². The van der Waals surface area contributed by atoms with Gasteiger partial charge in [0, 0.05) is 12.8 Å². The molecule has 0 N–H and O–H groups in total. The number of hydrogen-bond acceptors (Lipinski definition) is 0. The molecular formula is C7H16BrN. The molecule has 0 radical (unpaired) electrons. The molecule has 0 spiro atoms. The highest BCUT2D eigenvalue weighted by Crippen LogP contribution is 2.20. The fourth-order valence-corrected chi connectivity index (χ4v) is 1.36. The number of rotatable bonds is 0. The zero-order valence-corrected chi connectivity index (χ0v) is 8.11. The lowest BCUT2D eigenvalue weighted by Crippen LogP contribution is -3.00. The van der Waals surface area contributed by atoms with Gasteiger partial charge in [-0.15, -0.1) is 0 Å². The molecule has 1 atom stereocenters. The number of quaternary nitrogens is 1. The van der Waals surface area contributed by atoms with Gasteiger partial charge >= 0.3 is 0 Å². The van der Waals surface area contributed by atoms with Gasteiger partial charge < -0.3 is 21.5 Å². The molecule has 2 heteroatoms. The van der Waals surface area contributed by atoms with E-state index in [0.29, 0.717) is 0 Å². The zero-order valence-electron chi connectivity index (χ0n) is 6.52. The van der Waals surface area contributed by atoms with Crippen LogP contribution in [0.1, 0.15) is 19.8 Å². The van der Waals surface area contributed by atoms with Crippen LogP contribution in [-0.2, 0) is 0 Å². The molecule has 1 aliphatic rings. The normalized spacial score (nSPS) is 31.7. The quantitative estimate of drug-likeness (QED) is 0.401. The van der Waals surface area contributed by atoms with Gasteiger partial charge in [0.15, 0.2) is 0 Å². The average Bonchev–Trinajstić information content (AvgIpc) is 1.86. The molecule has 1 aliphatic heterocycles. The lowest BCUT2D eigenvalue weighted by molar-refractivity contribution is -0.900. The SMILES string of the molecule is CC1CCC[N+]1(C)C.[Br-]. The molecule has 1 heterocycles. The Labute approximate surface area is 68.4 Å². The van der Waals surface area contributed by atoms with Gasteiger partial charge in [0.25, 0.3) is 0 Å². The van der Waals surface area contributed by atoms with Crippen molar-refractivity contribution in [1.29, 1.82) is 0 Å². The molecule has 1 nitrogen and oxygen atoms in total. The number of halogens is 1. The Kier molecular flexibility index (Phi) is 3.17. The van der Waals surface area contributed by atoms with Gasteiger partial charge in [-0.1, -0.05) is 0 Å². The molecule has 0 bridgehead atoms. The van der Waals surface area contributed by atoms with E-state index >= 15 is 0 Å². The molecule has 9 heavy (non-hydrogen) atoms. The van der Waals surface area contributed by atoms with Gasteiger partial charge in [-0.2, -0.15) is 0 Å². The third-order valence-electron chi connectivity index (χ3n) is 2.55. The fourth-order valence-electron chi connectivity index (χ4n) is 1.36. The van der Waals surface area contributed by atoms with Gasteiger partial charge in [-0.25, -0.2) is 0 Å². The summed E-state index contributed by atoms with van der Waals surface area (Å²) in [5.41, 5.74) is 0. The lowest BCUT2D eigenvalue weighted by atomic mass is 10.2. The van der Waals surface area contributed by atoms with Crippen LogP contribution in [-0.4, -0.2) is 31.2 Å². The Hall–Kier alpha value is 0.440. The van der Waals surface area contributed by atoms with Crippen molar-refractivity contribution < 1.29 is 21.5 Å². The lowest BCUT2D eigenvalue weighted by Gasteiger charge is -2.28. The number of likely N-dealkylation sites (tertiary alicyclic amines) is 1. The van der Waals surface area contributed by atoms with Crippen molar-refractivity contribution in [1.82, 2.24) is 0 Å². The van der Waals surface area contributed by atoms with Crippen molar-refractivity contribution in [2.75, 3.05) is 20.6 Å². The molecular weight excluding hydrogens is 178 g/mol. The van der Waals surface area contributed by atoms with E-state index in [-0.39, 0.29) is 17.0 Å². The van der Waals surface area contributed by atoms with Crippen molar-refractivity contribution in [3.8, 4) is 0 Å². The second-order valence-corrected chi connectivity index (χ2v) is 3.49. The summed E-state index contributed by atoms with van der Waals surface area (Å²) in [6, 6.07) is 0.898. The second kappa shape index (κ2) is 3.02. The Morgan fingerprint density at radius 1 is 1.33 bits per heavy atom. The van der Waals surface area contributed by atoms with Crippen molar-refractivity contribution >= 4 is 0 Å². The Bertz CT molecular complexity index is 90.9. The Morgan fingerprint density at radius 2 is 1.89 bits per heavy atom. The first-order valence-corrected chi connectivity index (χ1v) is 3.45. The summed E-state index contributed by atoms with van der Waals surface area (Å²) < 4.78 is 1.24. The summed E-state index contributed by atoms with van der Waals surface area (Å²) in [7, 11) is 4.63. The van der Waals surface area contributed by atoms with Crippen LogP contribution in [0.15, 0.2) is 0 Å². The van der Waals surface area contributed by atoms with E-state index in [4.69, 9.17) is 0 Å². The highest BCUT2D eigenvalue weighted by Gasteiger charge is 2.29. The van der Waals surface area contributed by atoms with E-state index in [1.807, 2.05) is 0 Å². The van der Waals surface area contributed by atoms with Crippen LogP contribution in [0.2, 0.25) is 0 Å². The summed E-state index contributed by atoms with van der Waals surface area (Å²) in [5.74, 6) is 0. The molecule has 0 amide bonds. The topological polar surface area (TPSA) is 0 Å². The maximum Gasteiger partial charge on any atom is 0.0859 e. The minimum absolute atomic E-state index is 0.